The summed E-state index contributed by atoms with van der Waals surface area (Å²) in [5.74, 6) is 0.152. The molecule has 1 aromatic rings. The SMILES string of the molecule is CCCCCCCCCCc1ccc(C(=N)N)cc1.Cl. The second kappa shape index (κ2) is 11.8. The number of nitrogen functional groups attached to an aromatic ring is 1. The zero-order valence-electron chi connectivity index (χ0n) is 12.7. The Labute approximate surface area is 130 Å². The quantitative estimate of drug-likeness (QED) is 0.353. The van der Waals surface area contributed by atoms with E-state index in [1.54, 1.807) is 0 Å². The Morgan fingerprint density at radius 3 is 1.90 bits per heavy atom. The van der Waals surface area contributed by atoms with Gasteiger partial charge in [-0.25, -0.2) is 0 Å². The fraction of sp³-hybridized carbons (Fsp3) is 0.588. The standard InChI is InChI=1S/C17H28N2.ClH/c1-2-3-4-5-6-7-8-9-10-15-11-13-16(14-12-15)17(18)19;/h11-14H,2-10H2,1H3,(H3,18,19);1H. The lowest BCUT2D eigenvalue weighted by molar-refractivity contribution is 0.575. The van der Waals surface area contributed by atoms with E-state index < -0.39 is 0 Å². The van der Waals surface area contributed by atoms with Crippen LogP contribution in [0.5, 0.6) is 0 Å². The first-order chi connectivity index (χ1) is 9.24. The van der Waals surface area contributed by atoms with Gasteiger partial charge in [-0.05, 0) is 18.4 Å². The van der Waals surface area contributed by atoms with Gasteiger partial charge in [0.2, 0.25) is 0 Å². The lowest BCUT2D eigenvalue weighted by Gasteiger charge is -2.04. The number of amidine groups is 1. The summed E-state index contributed by atoms with van der Waals surface area (Å²) in [5, 5.41) is 7.35. The summed E-state index contributed by atoms with van der Waals surface area (Å²) in [6.45, 7) is 2.26. The van der Waals surface area contributed by atoms with Gasteiger partial charge in [-0.1, -0.05) is 76.1 Å². The highest BCUT2D eigenvalue weighted by Gasteiger charge is 1.97. The van der Waals surface area contributed by atoms with Gasteiger partial charge >= 0.3 is 0 Å². The van der Waals surface area contributed by atoms with Gasteiger partial charge in [0.1, 0.15) is 5.84 Å². The first-order valence-corrected chi connectivity index (χ1v) is 7.67. The van der Waals surface area contributed by atoms with E-state index in [-0.39, 0.29) is 18.2 Å². The molecule has 20 heavy (non-hydrogen) atoms. The van der Waals surface area contributed by atoms with Crippen LogP contribution in [0.25, 0.3) is 0 Å². The largest absolute Gasteiger partial charge is 0.384 e. The molecule has 0 aliphatic rings. The fourth-order valence-electron chi connectivity index (χ4n) is 2.31. The molecule has 0 radical (unpaired) electrons. The van der Waals surface area contributed by atoms with Gasteiger partial charge in [-0.3, -0.25) is 5.41 Å². The summed E-state index contributed by atoms with van der Waals surface area (Å²) in [6, 6.07) is 8.08. The molecule has 0 amide bonds. The van der Waals surface area contributed by atoms with Crippen LogP contribution in [0.15, 0.2) is 24.3 Å². The number of nitrogens with one attached hydrogen (secondary N) is 1. The van der Waals surface area contributed by atoms with Crippen LogP contribution in [0, 0.1) is 5.41 Å². The maximum absolute atomic E-state index is 7.35. The number of hydrogen-bond acceptors (Lipinski definition) is 1. The van der Waals surface area contributed by atoms with E-state index in [1.807, 2.05) is 12.1 Å². The van der Waals surface area contributed by atoms with Gasteiger partial charge in [-0.2, -0.15) is 0 Å². The highest BCUT2D eigenvalue weighted by atomic mass is 35.5. The molecular weight excluding hydrogens is 268 g/mol. The maximum atomic E-state index is 7.35. The summed E-state index contributed by atoms with van der Waals surface area (Å²) in [4.78, 5) is 0. The van der Waals surface area contributed by atoms with Gasteiger partial charge in [0.15, 0.2) is 0 Å². The highest BCUT2D eigenvalue weighted by Crippen LogP contribution is 2.12. The second-order valence-electron chi connectivity index (χ2n) is 5.34. The van der Waals surface area contributed by atoms with Crippen molar-refractivity contribution in [3.63, 3.8) is 0 Å². The summed E-state index contributed by atoms with van der Waals surface area (Å²) in [6.07, 6.45) is 12.0. The van der Waals surface area contributed by atoms with Gasteiger partial charge in [-0.15, -0.1) is 12.4 Å². The zero-order chi connectivity index (χ0) is 13.9. The lowest BCUT2D eigenvalue weighted by Crippen LogP contribution is -2.10. The predicted octanol–water partition coefficient (Wildman–Crippen LogP) is 5.08. The molecule has 0 fully saturated rings. The van der Waals surface area contributed by atoms with Crippen molar-refractivity contribution in [3.05, 3.63) is 35.4 Å². The number of aryl methyl sites for hydroxylation is 1. The number of hydrogen-bond donors (Lipinski definition) is 2. The summed E-state index contributed by atoms with van der Waals surface area (Å²) < 4.78 is 0. The smallest absolute Gasteiger partial charge is 0.122 e. The monoisotopic (exact) mass is 296 g/mol. The lowest BCUT2D eigenvalue weighted by atomic mass is 10.0. The molecule has 0 aliphatic carbocycles. The fourth-order valence-corrected chi connectivity index (χ4v) is 2.31. The number of rotatable bonds is 10. The molecule has 0 saturated carbocycles. The van der Waals surface area contributed by atoms with E-state index in [0.717, 1.165) is 12.0 Å². The molecule has 0 aliphatic heterocycles. The van der Waals surface area contributed by atoms with E-state index in [1.165, 1.54) is 56.9 Å². The molecule has 3 heteroatoms. The van der Waals surface area contributed by atoms with Crippen LogP contribution < -0.4 is 5.73 Å². The van der Waals surface area contributed by atoms with Crippen LogP contribution in [0.2, 0.25) is 0 Å². The van der Waals surface area contributed by atoms with E-state index in [2.05, 4.69) is 19.1 Å². The molecule has 2 nitrogen and oxygen atoms in total. The Balaban J connectivity index is 0.00000361. The van der Waals surface area contributed by atoms with Gasteiger partial charge in [0, 0.05) is 5.56 Å². The van der Waals surface area contributed by atoms with Crippen LogP contribution in [0.4, 0.5) is 0 Å². The van der Waals surface area contributed by atoms with Crippen molar-refractivity contribution in [1.82, 2.24) is 0 Å². The van der Waals surface area contributed by atoms with Crippen molar-refractivity contribution in [2.45, 2.75) is 64.7 Å². The third-order valence-electron chi connectivity index (χ3n) is 3.58. The van der Waals surface area contributed by atoms with Crippen molar-refractivity contribution in [1.29, 1.82) is 5.41 Å². The minimum absolute atomic E-state index is 0. The molecule has 0 heterocycles. The summed E-state index contributed by atoms with van der Waals surface area (Å²) in [7, 11) is 0. The van der Waals surface area contributed by atoms with E-state index in [4.69, 9.17) is 11.1 Å². The summed E-state index contributed by atoms with van der Waals surface area (Å²) in [5.41, 5.74) is 7.61. The molecule has 1 rings (SSSR count). The van der Waals surface area contributed by atoms with Crippen molar-refractivity contribution in [3.8, 4) is 0 Å². The highest BCUT2D eigenvalue weighted by molar-refractivity contribution is 5.94. The van der Waals surface area contributed by atoms with Crippen LogP contribution in [-0.2, 0) is 6.42 Å². The first-order valence-electron chi connectivity index (χ1n) is 7.67. The number of unbranched alkanes of at least 4 members (excludes halogenated alkanes) is 7. The minimum atomic E-state index is 0. The van der Waals surface area contributed by atoms with Crippen LogP contribution in [0.3, 0.4) is 0 Å². The molecule has 0 bridgehead atoms. The predicted molar refractivity (Wildman–Crippen MR) is 91.0 cm³/mol. The Hall–Kier alpha value is -1.02. The molecule has 0 unspecified atom stereocenters. The van der Waals surface area contributed by atoms with Crippen LogP contribution in [0.1, 0.15) is 69.4 Å². The van der Waals surface area contributed by atoms with Crippen molar-refractivity contribution >= 4 is 18.2 Å². The molecule has 0 atom stereocenters. The number of benzene rings is 1. The normalized spacial score (nSPS) is 10.1. The zero-order valence-corrected chi connectivity index (χ0v) is 13.5. The second-order valence-corrected chi connectivity index (χ2v) is 5.34. The summed E-state index contributed by atoms with van der Waals surface area (Å²) >= 11 is 0. The molecular formula is C17H29ClN2. The first kappa shape index (κ1) is 19.0. The van der Waals surface area contributed by atoms with E-state index in [0.29, 0.717) is 0 Å². The van der Waals surface area contributed by atoms with E-state index in [9.17, 15) is 0 Å². The third-order valence-corrected chi connectivity index (χ3v) is 3.58. The molecule has 0 saturated heterocycles. The Kier molecular flexibility index (Phi) is 11.2. The molecule has 0 aromatic heterocycles. The van der Waals surface area contributed by atoms with Crippen molar-refractivity contribution < 1.29 is 0 Å². The average Bonchev–Trinajstić information content (AvgIpc) is 2.42. The Morgan fingerprint density at radius 2 is 1.40 bits per heavy atom. The van der Waals surface area contributed by atoms with Gasteiger partial charge in [0.25, 0.3) is 0 Å². The average molecular weight is 297 g/mol. The molecule has 3 N–H and O–H groups in total. The van der Waals surface area contributed by atoms with E-state index >= 15 is 0 Å². The van der Waals surface area contributed by atoms with Crippen molar-refractivity contribution in [2.75, 3.05) is 0 Å². The number of halogens is 1. The van der Waals surface area contributed by atoms with Crippen LogP contribution >= 0.6 is 12.4 Å². The molecule has 0 spiro atoms. The Bertz CT molecular complexity index is 360. The van der Waals surface area contributed by atoms with Crippen molar-refractivity contribution in [2.24, 2.45) is 5.73 Å². The number of nitrogens with two attached hydrogens (primary N) is 1. The molecule has 1 aromatic carbocycles. The van der Waals surface area contributed by atoms with Gasteiger partial charge in [0.05, 0.1) is 0 Å². The third kappa shape index (κ3) is 8.21. The molecule has 114 valence electrons. The minimum Gasteiger partial charge on any atom is -0.384 e. The Morgan fingerprint density at radius 1 is 0.900 bits per heavy atom. The van der Waals surface area contributed by atoms with Gasteiger partial charge < -0.3 is 5.73 Å². The van der Waals surface area contributed by atoms with Crippen LogP contribution in [-0.4, -0.2) is 5.84 Å². The maximum Gasteiger partial charge on any atom is 0.122 e. The topological polar surface area (TPSA) is 49.9 Å².